The summed E-state index contributed by atoms with van der Waals surface area (Å²) in [6, 6.07) is 5.64. The van der Waals surface area contributed by atoms with Crippen molar-refractivity contribution in [2.75, 3.05) is 13.2 Å². The molecule has 0 aliphatic rings. The first kappa shape index (κ1) is 15.4. The summed E-state index contributed by atoms with van der Waals surface area (Å²) in [6.45, 7) is 6.52. The van der Waals surface area contributed by atoms with Crippen LogP contribution in [0.4, 0.5) is 0 Å². The van der Waals surface area contributed by atoms with E-state index in [1.165, 1.54) is 5.54 Å². The second-order valence-corrected chi connectivity index (χ2v) is 5.14. The highest BCUT2D eigenvalue weighted by atomic mass is 35.5. The van der Waals surface area contributed by atoms with Crippen LogP contribution in [0.5, 0.6) is 5.75 Å². The number of nitrogens with one attached hydrogen (secondary N) is 1. The zero-order valence-corrected chi connectivity index (χ0v) is 12.3. The molecule has 0 atom stereocenters. The second kappa shape index (κ2) is 8.41. The van der Waals surface area contributed by atoms with Gasteiger partial charge in [-0.1, -0.05) is 37.0 Å². The molecule has 18 heavy (non-hydrogen) atoms. The molecule has 0 fully saturated rings. The van der Waals surface area contributed by atoms with E-state index in [9.17, 15) is 0 Å². The average molecular weight is 288 g/mol. The lowest BCUT2D eigenvalue weighted by atomic mass is 10.2. The zero-order chi connectivity index (χ0) is 13.4. The monoisotopic (exact) mass is 287 g/mol. The van der Waals surface area contributed by atoms with Gasteiger partial charge in [-0.15, -0.1) is 0 Å². The number of ether oxygens (including phenoxy) is 1. The van der Waals surface area contributed by atoms with Crippen LogP contribution in [0.15, 0.2) is 29.8 Å². The number of rotatable bonds is 7. The van der Waals surface area contributed by atoms with Gasteiger partial charge in [-0.05, 0) is 36.7 Å². The number of hydrogen-bond donors (Lipinski definition) is 1. The predicted octanol–water partition coefficient (Wildman–Crippen LogP) is 4.22. The van der Waals surface area contributed by atoms with Crippen LogP contribution >= 0.6 is 23.2 Å². The van der Waals surface area contributed by atoms with Crippen molar-refractivity contribution in [3.05, 3.63) is 40.4 Å². The Hall–Kier alpha value is -0.700. The van der Waals surface area contributed by atoms with Crippen LogP contribution in [0.1, 0.15) is 19.4 Å². The molecule has 0 aliphatic carbocycles. The van der Waals surface area contributed by atoms with Gasteiger partial charge in [-0.3, -0.25) is 0 Å². The van der Waals surface area contributed by atoms with Crippen LogP contribution in [-0.2, 0) is 6.54 Å². The van der Waals surface area contributed by atoms with Gasteiger partial charge in [-0.2, -0.15) is 0 Å². The molecule has 0 heterocycles. The summed E-state index contributed by atoms with van der Waals surface area (Å²) < 4.78 is 5.62. The molecule has 4 heteroatoms. The third kappa shape index (κ3) is 5.76. The first-order valence-electron chi connectivity index (χ1n) is 6.00. The van der Waals surface area contributed by atoms with E-state index in [1.54, 1.807) is 6.08 Å². The summed E-state index contributed by atoms with van der Waals surface area (Å²) in [5.41, 5.74) is 2.51. The Morgan fingerprint density at radius 2 is 2.17 bits per heavy atom. The van der Waals surface area contributed by atoms with E-state index in [0.29, 0.717) is 12.5 Å². The predicted molar refractivity (Wildman–Crippen MR) is 78.5 cm³/mol. The maximum atomic E-state index is 6.00. The molecule has 1 aromatic rings. The molecule has 0 spiro atoms. The van der Waals surface area contributed by atoms with Crippen molar-refractivity contribution in [1.29, 1.82) is 0 Å². The van der Waals surface area contributed by atoms with Gasteiger partial charge in [0.1, 0.15) is 12.4 Å². The fourth-order valence-corrected chi connectivity index (χ4v) is 1.76. The topological polar surface area (TPSA) is 21.3 Å². The Kier molecular flexibility index (Phi) is 7.18. The van der Waals surface area contributed by atoms with E-state index in [1.807, 2.05) is 18.2 Å². The molecule has 1 aromatic carbocycles. The third-order valence-electron chi connectivity index (χ3n) is 2.31. The molecule has 0 aliphatic heterocycles. The fourth-order valence-electron chi connectivity index (χ4n) is 1.50. The quantitative estimate of drug-likeness (QED) is 0.811. The first-order valence-corrected chi connectivity index (χ1v) is 6.82. The summed E-state index contributed by atoms with van der Waals surface area (Å²) in [5.74, 6) is 1.46. The Morgan fingerprint density at radius 1 is 1.39 bits per heavy atom. The third-order valence-corrected chi connectivity index (χ3v) is 2.73. The van der Waals surface area contributed by atoms with Crippen molar-refractivity contribution in [2.45, 2.75) is 20.4 Å². The van der Waals surface area contributed by atoms with Crippen LogP contribution in [0.3, 0.4) is 0 Å². The smallest absolute Gasteiger partial charge is 0.124 e. The fraction of sp³-hybridized carbons (Fsp3) is 0.429. The van der Waals surface area contributed by atoms with Gasteiger partial charge in [0.15, 0.2) is 0 Å². The van der Waals surface area contributed by atoms with Crippen molar-refractivity contribution in [2.24, 2.45) is 5.92 Å². The highest BCUT2D eigenvalue weighted by molar-refractivity contribution is 6.30. The lowest BCUT2D eigenvalue weighted by Gasteiger charge is -2.12. The molecule has 0 aromatic heterocycles. The maximum absolute atomic E-state index is 6.00. The molecular weight excluding hydrogens is 269 g/mol. The number of halogens is 2. The van der Waals surface area contributed by atoms with E-state index < -0.39 is 0 Å². The summed E-state index contributed by atoms with van der Waals surface area (Å²) in [7, 11) is 0. The lowest BCUT2D eigenvalue weighted by Crippen LogP contribution is -2.19. The summed E-state index contributed by atoms with van der Waals surface area (Å²) >= 11 is 11.5. The number of hydrogen-bond acceptors (Lipinski definition) is 2. The van der Waals surface area contributed by atoms with E-state index in [0.717, 1.165) is 29.4 Å². The van der Waals surface area contributed by atoms with Crippen molar-refractivity contribution in [3.63, 3.8) is 0 Å². The van der Waals surface area contributed by atoms with Crippen LogP contribution in [0.25, 0.3) is 0 Å². The largest absolute Gasteiger partial charge is 0.489 e. The van der Waals surface area contributed by atoms with Gasteiger partial charge in [0.05, 0.1) is 0 Å². The van der Waals surface area contributed by atoms with Crippen LogP contribution in [0.2, 0.25) is 5.02 Å². The number of benzene rings is 1. The minimum Gasteiger partial charge on any atom is -0.489 e. The summed E-state index contributed by atoms with van der Waals surface area (Å²) in [4.78, 5) is 0. The zero-order valence-electron chi connectivity index (χ0n) is 10.7. The van der Waals surface area contributed by atoms with Crippen molar-refractivity contribution in [1.82, 2.24) is 5.32 Å². The molecule has 100 valence electrons. The second-order valence-electron chi connectivity index (χ2n) is 4.45. The van der Waals surface area contributed by atoms with E-state index in [-0.39, 0.29) is 0 Å². The van der Waals surface area contributed by atoms with Gasteiger partial charge < -0.3 is 10.1 Å². The Balaban J connectivity index is 2.64. The highest BCUT2D eigenvalue weighted by Gasteiger charge is 2.04. The van der Waals surface area contributed by atoms with E-state index >= 15 is 0 Å². The van der Waals surface area contributed by atoms with Crippen LogP contribution < -0.4 is 10.1 Å². The normalized spacial score (nSPS) is 11.4. The van der Waals surface area contributed by atoms with Gasteiger partial charge in [0.2, 0.25) is 0 Å². The minimum absolute atomic E-state index is 0.461. The SMILES string of the molecule is CC(C)CNCc1cc(Cl)ccc1OCC=CCl. The van der Waals surface area contributed by atoms with Gasteiger partial charge in [-0.25, -0.2) is 0 Å². The molecule has 1 rings (SSSR count). The molecular formula is C14H19Cl2NO. The molecule has 0 bridgehead atoms. The Morgan fingerprint density at radius 3 is 2.83 bits per heavy atom. The average Bonchev–Trinajstić information content (AvgIpc) is 2.31. The van der Waals surface area contributed by atoms with Gasteiger partial charge in [0, 0.05) is 22.7 Å². The van der Waals surface area contributed by atoms with Gasteiger partial charge in [0.25, 0.3) is 0 Å². The first-order chi connectivity index (χ1) is 8.63. The standard InChI is InChI=1S/C14H19Cl2NO/c1-11(2)9-17-10-12-8-13(16)4-5-14(12)18-7-3-6-15/h3-6,8,11,17H,7,9-10H2,1-2H3. The van der Waals surface area contributed by atoms with Crippen LogP contribution in [0, 0.1) is 5.92 Å². The van der Waals surface area contributed by atoms with E-state index in [4.69, 9.17) is 27.9 Å². The summed E-state index contributed by atoms with van der Waals surface area (Å²) in [6.07, 6.45) is 1.75. The van der Waals surface area contributed by atoms with Crippen molar-refractivity contribution < 1.29 is 4.74 Å². The molecule has 0 saturated carbocycles. The molecule has 0 radical (unpaired) electrons. The maximum Gasteiger partial charge on any atom is 0.124 e. The highest BCUT2D eigenvalue weighted by Crippen LogP contribution is 2.23. The molecule has 0 unspecified atom stereocenters. The molecule has 0 saturated heterocycles. The summed E-state index contributed by atoms with van der Waals surface area (Å²) in [5, 5.41) is 4.10. The molecule has 1 N–H and O–H groups in total. The lowest BCUT2D eigenvalue weighted by molar-refractivity contribution is 0.357. The Labute approximate surface area is 119 Å². The van der Waals surface area contributed by atoms with Crippen LogP contribution in [-0.4, -0.2) is 13.2 Å². The van der Waals surface area contributed by atoms with Crippen molar-refractivity contribution in [3.8, 4) is 5.75 Å². The minimum atomic E-state index is 0.461. The molecule has 2 nitrogen and oxygen atoms in total. The van der Waals surface area contributed by atoms with Gasteiger partial charge >= 0.3 is 0 Å². The Bertz CT molecular complexity index is 391. The van der Waals surface area contributed by atoms with E-state index in [2.05, 4.69) is 19.2 Å². The van der Waals surface area contributed by atoms with Crippen molar-refractivity contribution >= 4 is 23.2 Å². The molecule has 0 amide bonds.